The van der Waals surface area contributed by atoms with E-state index in [2.05, 4.69) is 5.32 Å². The Bertz CT molecular complexity index is 1420. The summed E-state index contributed by atoms with van der Waals surface area (Å²) in [6.07, 6.45) is -3.43. The van der Waals surface area contributed by atoms with E-state index in [9.17, 15) is 18.0 Å². The Kier molecular flexibility index (Phi) is 7.15. The molecular formula is C29H32ClF3N2O3. The topological polar surface area (TPSA) is 50.8 Å². The van der Waals surface area contributed by atoms with Crippen molar-refractivity contribution >= 4 is 18.3 Å². The van der Waals surface area contributed by atoms with E-state index in [0.717, 1.165) is 12.1 Å². The molecule has 2 atom stereocenters. The fourth-order valence-corrected chi connectivity index (χ4v) is 4.95. The Hall–Kier alpha value is -3.23. The molecule has 38 heavy (non-hydrogen) atoms. The molecule has 1 heterocycles. The van der Waals surface area contributed by atoms with E-state index in [0.29, 0.717) is 48.1 Å². The number of nitrogens with one attached hydrogen (secondary N) is 1. The lowest BCUT2D eigenvalue weighted by Crippen LogP contribution is -2.44. The second kappa shape index (κ2) is 12.5. The molecule has 1 N–H and O–H groups in total. The van der Waals surface area contributed by atoms with Gasteiger partial charge in [0, 0.05) is 19.6 Å². The van der Waals surface area contributed by atoms with Crippen LogP contribution in [-0.4, -0.2) is 38.5 Å². The van der Waals surface area contributed by atoms with Crippen LogP contribution < -0.4 is 14.8 Å². The van der Waals surface area contributed by atoms with Crippen LogP contribution in [0.25, 0.3) is 0 Å². The van der Waals surface area contributed by atoms with Crippen LogP contribution in [0.4, 0.5) is 13.2 Å². The highest BCUT2D eigenvalue weighted by Crippen LogP contribution is 2.43. The zero-order chi connectivity index (χ0) is 31.6. The number of rotatable bonds is 8. The zero-order valence-electron chi connectivity index (χ0n) is 26.5. The van der Waals surface area contributed by atoms with Crippen molar-refractivity contribution in [3.63, 3.8) is 0 Å². The maximum absolute atomic E-state index is 13.3. The van der Waals surface area contributed by atoms with Gasteiger partial charge in [0.05, 0.1) is 27.9 Å². The first-order chi connectivity index (χ1) is 20.1. The smallest absolute Gasteiger partial charge is 0.416 e. The van der Waals surface area contributed by atoms with E-state index in [1.807, 2.05) is 23.1 Å². The Balaban J connectivity index is 0.00000529. The maximum atomic E-state index is 13.3. The van der Waals surface area contributed by atoms with Crippen LogP contribution >= 0.6 is 12.4 Å². The SMILES string of the molecule is Cl.[2H]C([2H])([2H])Oc1cc2c(cc1OC([2H])([2H])[2H])[C@H](CCc1ccc(C(F)(F)F)cc1)N([C@@H](C(=O)NC)c1ccccc1)CC2. The van der Waals surface area contributed by atoms with Gasteiger partial charge in [-0.3, -0.25) is 9.69 Å². The van der Waals surface area contributed by atoms with E-state index in [1.165, 1.54) is 31.3 Å². The number of nitrogens with zero attached hydrogens (tertiary/aromatic N) is 1. The molecule has 5 nitrogen and oxygen atoms in total. The molecule has 1 amide bonds. The van der Waals surface area contributed by atoms with Crippen LogP contribution in [0.3, 0.4) is 0 Å². The minimum Gasteiger partial charge on any atom is -0.493 e. The van der Waals surface area contributed by atoms with Crippen LogP contribution in [0.5, 0.6) is 11.5 Å². The van der Waals surface area contributed by atoms with Gasteiger partial charge in [-0.05, 0) is 65.8 Å². The predicted molar refractivity (Wildman–Crippen MR) is 143 cm³/mol. The fourth-order valence-electron chi connectivity index (χ4n) is 4.95. The van der Waals surface area contributed by atoms with Crippen LogP contribution in [0, 0.1) is 0 Å². The molecule has 0 bridgehead atoms. The van der Waals surface area contributed by atoms with E-state index in [4.69, 9.17) is 17.7 Å². The summed E-state index contributed by atoms with van der Waals surface area (Å²) < 4.78 is 95.1. The molecule has 0 unspecified atom stereocenters. The fraction of sp³-hybridized carbons (Fsp3) is 0.345. The molecule has 0 saturated carbocycles. The number of hydrogen-bond acceptors (Lipinski definition) is 4. The lowest BCUT2D eigenvalue weighted by Gasteiger charge is -2.42. The van der Waals surface area contributed by atoms with Crippen LogP contribution in [-0.2, 0) is 23.8 Å². The zero-order valence-corrected chi connectivity index (χ0v) is 21.4. The Morgan fingerprint density at radius 2 is 1.74 bits per heavy atom. The van der Waals surface area contributed by atoms with E-state index < -0.39 is 37.9 Å². The van der Waals surface area contributed by atoms with Gasteiger partial charge in [-0.2, -0.15) is 13.2 Å². The summed E-state index contributed by atoms with van der Waals surface area (Å²) in [5.41, 5.74) is 1.86. The van der Waals surface area contributed by atoms with Crippen molar-refractivity contribution in [3.05, 3.63) is 94.5 Å². The third kappa shape index (κ3) is 6.25. The first kappa shape index (κ1) is 21.7. The Morgan fingerprint density at radius 3 is 2.34 bits per heavy atom. The highest BCUT2D eigenvalue weighted by Gasteiger charge is 2.37. The van der Waals surface area contributed by atoms with E-state index >= 15 is 0 Å². The van der Waals surface area contributed by atoms with Gasteiger partial charge in [-0.15, -0.1) is 12.4 Å². The molecule has 1 aliphatic rings. The molecule has 3 aromatic rings. The van der Waals surface area contributed by atoms with Gasteiger partial charge in [0.25, 0.3) is 0 Å². The van der Waals surface area contributed by atoms with Crippen LogP contribution in [0.1, 0.15) is 54.5 Å². The molecule has 0 spiro atoms. The maximum Gasteiger partial charge on any atom is 0.416 e. The number of benzene rings is 3. The molecule has 9 heteroatoms. The van der Waals surface area contributed by atoms with Crippen molar-refractivity contribution < 1.29 is 35.7 Å². The molecule has 0 saturated heterocycles. The minimum atomic E-state index is -4.47. The summed E-state index contributed by atoms with van der Waals surface area (Å²) in [5.74, 6) is -0.835. The lowest BCUT2D eigenvalue weighted by atomic mass is 9.86. The number of likely N-dealkylation sites (N-methyl/N-ethyl adjacent to an activating group) is 1. The first-order valence-electron chi connectivity index (χ1n) is 14.8. The molecule has 1 aliphatic heterocycles. The summed E-state index contributed by atoms with van der Waals surface area (Å²) in [5, 5.41) is 2.71. The number of fused-ring (bicyclic) bond motifs is 1. The standard InChI is InChI=1S/C29H31F3N2O3.ClH/c1-33-28(35)27(20-7-5-4-6-8-20)34-16-15-21-17-25(36-2)26(37-3)18-23(21)24(34)14-11-19-9-12-22(13-10-19)29(30,31)32;/h4-10,12-13,17-18,24,27H,11,14-16H2,1-3H3,(H,33,35);1H/t24-,27+;/m0./s1/i2D3,3D3;. The van der Waals surface area contributed by atoms with Crippen LogP contribution in [0.2, 0.25) is 0 Å². The lowest BCUT2D eigenvalue weighted by molar-refractivity contribution is -0.137. The van der Waals surface area contributed by atoms with Crippen molar-refractivity contribution in [1.82, 2.24) is 10.2 Å². The molecule has 204 valence electrons. The molecule has 3 aromatic carbocycles. The number of hydrogen-bond donors (Lipinski definition) is 1. The van der Waals surface area contributed by atoms with Crippen molar-refractivity contribution in [1.29, 1.82) is 0 Å². The number of carbonyl (C=O) groups excluding carboxylic acids is 1. The third-order valence-corrected chi connectivity index (χ3v) is 6.75. The number of carbonyl (C=O) groups is 1. The average molecular weight is 555 g/mol. The molecule has 0 fully saturated rings. The number of ether oxygens (including phenoxy) is 2. The Labute approximate surface area is 235 Å². The van der Waals surface area contributed by atoms with Gasteiger partial charge in [-0.25, -0.2) is 0 Å². The number of aryl methyl sites for hydroxylation is 1. The van der Waals surface area contributed by atoms with Crippen molar-refractivity contribution in [3.8, 4) is 11.5 Å². The van der Waals surface area contributed by atoms with Gasteiger partial charge in [0.15, 0.2) is 11.5 Å². The van der Waals surface area contributed by atoms with E-state index in [-0.39, 0.29) is 29.8 Å². The third-order valence-electron chi connectivity index (χ3n) is 6.75. The van der Waals surface area contributed by atoms with Gasteiger partial charge in [-0.1, -0.05) is 42.5 Å². The number of halogens is 4. The number of methoxy groups -OCH3 is 2. The van der Waals surface area contributed by atoms with Crippen molar-refractivity contribution in [2.45, 2.75) is 37.5 Å². The molecular weight excluding hydrogens is 517 g/mol. The number of amides is 1. The highest BCUT2D eigenvalue weighted by atomic mass is 35.5. The largest absolute Gasteiger partial charge is 0.493 e. The quantitative estimate of drug-likeness (QED) is 0.362. The summed E-state index contributed by atoms with van der Waals surface area (Å²) in [6, 6.07) is 15.5. The summed E-state index contributed by atoms with van der Waals surface area (Å²) in [7, 11) is -4.27. The summed E-state index contributed by atoms with van der Waals surface area (Å²) >= 11 is 0. The molecule has 0 radical (unpaired) electrons. The average Bonchev–Trinajstić information content (AvgIpc) is 2.91. The van der Waals surface area contributed by atoms with Crippen molar-refractivity contribution in [2.75, 3.05) is 27.7 Å². The van der Waals surface area contributed by atoms with Crippen LogP contribution in [0.15, 0.2) is 66.7 Å². The first-order valence-corrected chi connectivity index (χ1v) is 11.8. The van der Waals surface area contributed by atoms with Gasteiger partial charge >= 0.3 is 6.18 Å². The normalized spacial score (nSPS) is 19.1. The second-order valence-corrected chi connectivity index (χ2v) is 8.87. The van der Waals surface area contributed by atoms with Gasteiger partial charge in [0.1, 0.15) is 6.04 Å². The monoisotopic (exact) mass is 554 g/mol. The predicted octanol–water partition coefficient (Wildman–Crippen LogP) is 6.16. The molecule has 0 aliphatic carbocycles. The molecule has 4 rings (SSSR count). The van der Waals surface area contributed by atoms with Gasteiger partial charge in [0.2, 0.25) is 5.91 Å². The highest BCUT2D eigenvalue weighted by molar-refractivity contribution is 5.85. The van der Waals surface area contributed by atoms with E-state index in [1.54, 1.807) is 12.1 Å². The summed E-state index contributed by atoms with van der Waals surface area (Å²) in [6.45, 7) is 0.365. The summed E-state index contributed by atoms with van der Waals surface area (Å²) in [4.78, 5) is 15.3. The van der Waals surface area contributed by atoms with Gasteiger partial charge < -0.3 is 14.8 Å². The van der Waals surface area contributed by atoms with Crippen molar-refractivity contribution in [2.24, 2.45) is 0 Å². The Morgan fingerprint density at radius 1 is 1.08 bits per heavy atom. The molecule has 0 aromatic heterocycles. The number of alkyl halides is 3. The minimum absolute atomic E-state index is 0. The second-order valence-electron chi connectivity index (χ2n) is 8.87.